The van der Waals surface area contributed by atoms with E-state index >= 15 is 0 Å². The second-order valence-electron chi connectivity index (χ2n) is 8.76. The molecule has 3 aliphatic rings. The fourth-order valence-electron chi connectivity index (χ4n) is 5.15. The van der Waals surface area contributed by atoms with E-state index in [2.05, 4.69) is 10.2 Å². The highest BCUT2D eigenvalue weighted by Gasteiger charge is 2.40. The molecule has 29 heavy (non-hydrogen) atoms. The smallest absolute Gasteiger partial charge is 0.225 e. The fourth-order valence-corrected chi connectivity index (χ4v) is 5.15. The number of amides is 2. The Balaban J connectivity index is 1.34. The average molecular weight is 400 g/mol. The molecule has 1 unspecified atom stereocenters. The Hall–Kier alpha value is -1.92. The summed E-state index contributed by atoms with van der Waals surface area (Å²) in [5.41, 5.74) is 1.17. The lowest BCUT2D eigenvalue weighted by Gasteiger charge is -2.48. The van der Waals surface area contributed by atoms with Gasteiger partial charge in [-0.3, -0.25) is 14.5 Å². The number of nitrogens with zero attached hydrogens (tertiary/aromatic N) is 2. The van der Waals surface area contributed by atoms with E-state index in [0.29, 0.717) is 26.1 Å². The molecule has 158 valence electrons. The van der Waals surface area contributed by atoms with Crippen LogP contribution in [0.2, 0.25) is 0 Å². The summed E-state index contributed by atoms with van der Waals surface area (Å²) < 4.78 is 5.54. The summed E-state index contributed by atoms with van der Waals surface area (Å²) in [5.74, 6) is -0.127. The second kappa shape index (κ2) is 9.26. The maximum absolute atomic E-state index is 12.9. The predicted octanol–water partition coefficient (Wildman–Crippen LogP) is 2.19. The van der Waals surface area contributed by atoms with Crippen molar-refractivity contribution >= 4 is 11.8 Å². The Bertz CT molecular complexity index is 697. The number of carbonyl (C=O) groups is 2. The van der Waals surface area contributed by atoms with Crippen LogP contribution in [-0.4, -0.2) is 66.5 Å². The summed E-state index contributed by atoms with van der Waals surface area (Å²) in [7, 11) is 0. The van der Waals surface area contributed by atoms with Crippen LogP contribution in [0.25, 0.3) is 0 Å². The summed E-state index contributed by atoms with van der Waals surface area (Å²) in [6.45, 7) is 5.24. The molecule has 2 saturated heterocycles. The van der Waals surface area contributed by atoms with Crippen molar-refractivity contribution in [1.29, 1.82) is 0 Å². The van der Waals surface area contributed by atoms with Crippen molar-refractivity contribution in [3.05, 3.63) is 35.9 Å². The molecule has 2 amide bonds. The molecular formula is C23H33N3O3. The molecule has 1 aliphatic carbocycles. The molecule has 1 aromatic rings. The maximum Gasteiger partial charge on any atom is 0.225 e. The Morgan fingerprint density at radius 2 is 1.83 bits per heavy atom. The normalized spacial score (nSPS) is 25.2. The zero-order chi connectivity index (χ0) is 20.1. The Morgan fingerprint density at radius 3 is 2.55 bits per heavy atom. The Labute approximate surface area is 173 Å². The van der Waals surface area contributed by atoms with Gasteiger partial charge in [0.05, 0.1) is 19.1 Å². The van der Waals surface area contributed by atoms with E-state index < -0.39 is 0 Å². The van der Waals surface area contributed by atoms with Gasteiger partial charge in [-0.15, -0.1) is 0 Å². The van der Waals surface area contributed by atoms with Gasteiger partial charge in [0.25, 0.3) is 0 Å². The van der Waals surface area contributed by atoms with Gasteiger partial charge in [-0.1, -0.05) is 49.6 Å². The molecule has 6 heteroatoms. The average Bonchev–Trinajstić information content (AvgIpc) is 3.14. The molecule has 3 fully saturated rings. The molecule has 1 saturated carbocycles. The molecule has 0 radical (unpaired) electrons. The maximum atomic E-state index is 12.9. The third-order valence-corrected chi connectivity index (χ3v) is 6.86. The van der Waals surface area contributed by atoms with Gasteiger partial charge < -0.3 is 15.0 Å². The largest absolute Gasteiger partial charge is 0.379 e. The fraction of sp³-hybridized carbons (Fsp3) is 0.652. The molecule has 1 N–H and O–H groups in total. The van der Waals surface area contributed by atoms with Gasteiger partial charge in [0.2, 0.25) is 11.8 Å². The van der Waals surface area contributed by atoms with Crippen molar-refractivity contribution < 1.29 is 14.3 Å². The summed E-state index contributed by atoms with van der Waals surface area (Å²) in [5, 5.41) is 3.24. The van der Waals surface area contributed by atoms with E-state index in [0.717, 1.165) is 44.7 Å². The predicted molar refractivity (Wildman–Crippen MR) is 111 cm³/mol. The number of morpholine rings is 1. The third kappa shape index (κ3) is 4.81. The minimum atomic E-state index is -0.239. The van der Waals surface area contributed by atoms with Gasteiger partial charge in [-0.2, -0.15) is 0 Å². The van der Waals surface area contributed by atoms with Gasteiger partial charge in [0, 0.05) is 44.7 Å². The van der Waals surface area contributed by atoms with Crippen LogP contribution in [0.3, 0.4) is 0 Å². The number of hydrogen-bond acceptors (Lipinski definition) is 4. The van der Waals surface area contributed by atoms with Crippen LogP contribution < -0.4 is 5.32 Å². The molecule has 2 heterocycles. The van der Waals surface area contributed by atoms with Crippen molar-refractivity contribution in [3.63, 3.8) is 0 Å². The van der Waals surface area contributed by atoms with Crippen LogP contribution in [0.1, 0.15) is 44.1 Å². The first-order chi connectivity index (χ1) is 14.2. The minimum absolute atomic E-state index is 0.0344. The van der Waals surface area contributed by atoms with Crippen molar-refractivity contribution in [2.45, 2.75) is 50.6 Å². The van der Waals surface area contributed by atoms with Gasteiger partial charge in [-0.05, 0) is 18.4 Å². The molecule has 1 atom stereocenters. The number of likely N-dealkylation sites (tertiary alicyclic amines) is 1. The van der Waals surface area contributed by atoms with E-state index in [1.165, 1.54) is 19.3 Å². The highest BCUT2D eigenvalue weighted by atomic mass is 16.5. The van der Waals surface area contributed by atoms with E-state index in [9.17, 15) is 9.59 Å². The van der Waals surface area contributed by atoms with Gasteiger partial charge in [-0.25, -0.2) is 0 Å². The van der Waals surface area contributed by atoms with E-state index in [1.807, 2.05) is 35.2 Å². The lowest BCUT2D eigenvalue weighted by molar-refractivity contribution is -0.129. The number of hydrogen-bond donors (Lipinski definition) is 1. The molecule has 4 rings (SSSR count). The SMILES string of the molecule is O=C(NCC1(N2CCOCC2)CCCCC1)C1CC(=O)N(Cc2ccccc2)C1. The van der Waals surface area contributed by atoms with Crippen LogP contribution >= 0.6 is 0 Å². The molecule has 2 aliphatic heterocycles. The van der Waals surface area contributed by atoms with Crippen LogP contribution in [-0.2, 0) is 20.9 Å². The summed E-state index contributed by atoms with van der Waals surface area (Å²) in [6, 6.07) is 9.98. The molecule has 0 bridgehead atoms. The summed E-state index contributed by atoms with van der Waals surface area (Å²) >= 11 is 0. The standard InChI is InChI=1S/C23H33N3O3/c27-21-15-20(17-25(21)16-19-7-3-1-4-8-19)22(28)24-18-23(9-5-2-6-10-23)26-11-13-29-14-12-26/h1,3-4,7-8,20H,2,5-6,9-18H2,(H,24,28). The number of carbonyl (C=O) groups excluding carboxylic acids is 2. The quantitative estimate of drug-likeness (QED) is 0.797. The first kappa shape index (κ1) is 20.4. The van der Waals surface area contributed by atoms with E-state index in [-0.39, 0.29) is 23.3 Å². The van der Waals surface area contributed by atoms with Gasteiger partial charge in [0.15, 0.2) is 0 Å². The Morgan fingerprint density at radius 1 is 1.10 bits per heavy atom. The van der Waals surface area contributed by atoms with Crippen molar-refractivity contribution in [3.8, 4) is 0 Å². The number of nitrogens with one attached hydrogen (secondary N) is 1. The first-order valence-corrected chi connectivity index (χ1v) is 11.1. The summed E-state index contributed by atoms with van der Waals surface area (Å²) in [4.78, 5) is 29.7. The van der Waals surface area contributed by atoms with Crippen molar-refractivity contribution in [2.24, 2.45) is 5.92 Å². The summed E-state index contributed by atoms with van der Waals surface area (Å²) in [6.07, 6.45) is 6.32. The highest BCUT2D eigenvalue weighted by Crippen LogP contribution is 2.34. The monoisotopic (exact) mass is 399 g/mol. The van der Waals surface area contributed by atoms with Gasteiger partial charge >= 0.3 is 0 Å². The molecule has 0 aromatic heterocycles. The molecular weight excluding hydrogens is 366 g/mol. The topological polar surface area (TPSA) is 61.9 Å². The van der Waals surface area contributed by atoms with Crippen LogP contribution in [0.5, 0.6) is 0 Å². The number of rotatable bonds is 6. The van der Waals surface area contributed by atoms with Crippen LogP contribution in [0, 0.1) is 5.92 Å². The molecule has 1 aromatic carbocycles. The van der Waals surface area contributed by atoms with Crippen molar-refractivity contribution in [2.75, 3.05) is 39.4 Å². The minimum Gasteiger partial charge on any atom is -0.379 e. The second-order valence-corrected chi connectivity index (χ2v) is 8.76. The molecule has 0 spiro atoms. The van der Waals surface area contributed by atoms with Crippen molar-refractivity contribution in [1.82, 2.24) is 15.1 Å². The first-order valence-electron chi connectivity index (χ1n) is 11.1. The lowest BCUT2D eigenvalue weighted by Crippen LogP contribution is -2.60. The van der Waals surface area contributed by atoms with Crippen LogP contribution in [0.15, 0.2) is 30.3 Å². The van der Waals surface area contributed by atoms with E-state index in [1.54, 1.807) is 0 Å². The highest BCUT2D eigenvalue weighted by molar-refractivity contribution is 5.89. The molecule has 6 nitrogen and oxygen atoms in total. The third-order valence-electron chi connectivity index (χ3n) is 6.86. The van der Waals surface area contributed by atoms with E-state index in [4.69, 9.17) is 4.74 Å². The van der Waals surface area contributed by atoms with Crippen LogP contribution in [0.4, 0.5) is 0 Å². The number of ether oxygens (including phenoxy) is 1. The van der Waals surface area contributed by atoms with Gasteiger partial charge in [0.1, 0.15) is 0 Å². The number of benzene rings is 1. The Kier molecular flexibility index (Phi) is 6.50. The zero-order valence-corrected chi connectivity index (χ0v) is 17.3. The zero-order valence-electron chi connectivity index (χ0n) is 17.3. The lowest BCUT2D eigenvalue weighted by atomic mass is 9.79.